The number of rotatable bonds is 5. The van der Waals surface area contributed by atoms with E-state index in [4.69, 9.17) is 9.47 Å². The Bertz CT molecular complexity index is 1130. The van der Waals surface area contributed by atoms with E-state index in [1.54, 1.807) is 24.3 Å². The van der Waals surface area contributed by atoms with Gasteiger partial charge in [-0.1, -0.05) is 6.07 Å². The topological polar surface area (TPSA) is 61.5 Å². The smallest absolute Gasteiger partial charge is 0.137 e. The van der Waals surface area contributed by atoms with Crippen LogP contribution in [0.5, 0.6) is 5.75 Å². The van der Waals surface area contributed by atoms with E-state index in [9.17, 15) is 0 Å². The molecule has 1 fully saturated rings. The maximum atomic E-state index is 6.27. The van der Waals surface area contributed by atoms with E-state index in [0.717, 1.165) is 45.7 Å². The van der Waals surface area contributed by atoms with E-state index in [1.807, 2.05) is 41.1 Å². The van der Waals surface area contributed by atoms with Gasteiger partial charge in [0.15, 0.2) is 0 Å². The minimum Gasteiger partial charge on any atom is -0.491 e. The van der Waals surface area contributed by atoms with Gasteiger partial charge in [-0.2, -0.15) is 5.10 Å². The van der Waals surface area contributed by atoms with Crippen LogP contribution in [0, 0.1) is 0 Å². The van der Waals surface area contributed by atoms with E-state index in [-0.39, 0.29) is 12.2 Å². The quantitative estimate of drug-likeness (QED) is 0.472. The van der Waals surface area contributed by atoms with E-state index >= 15 is 0 Å². The van der Waals surface area contributed by atoms with Gasteiger partial charge in [-0.3, -0.25) is 4.98 Å². The monoisotopic (exact) mass is 392 g/mol. The van der Waals surface area contributed by atoms with Crippen molar-refractivity contribution in [3.05, 3.63) is 60.7 Å². The number of aromatic nitrogens is 4. The highest BCUT2D eigenvalue weighted by Crippen LogP contribution is 2.34. The molecule has 0 radical (unpaired) electrons. The van der Waals surface area contributed by atoms with Crippen molar-refractivity contribution in [1.82, 2.24) is 19.6 Å². The Morgan fingerprint density at radius 1 is 1.18 bits per heavy atom. The molecule has 6 nitrogen and oxygen atoms in total. The maximum Gasteiger partial charge on any atom is 0.137 e. The number of thioether (sulfide) groups is 1. The summed E-state index contributed by atoms with van der Waals surface area (Å²) in [6.45, 7) is 0.531. The van der Waals surface area contributed by atoms with Gasteiger partial charge in [0.1, 0.15) is 29.8 Å². The van der Waals surface area contributed by atoms with Crippen molar-refractivity contribution >= 4 is 28.2 Å². The molecule has 4 aromatic rings. The Morgan fingerprint density at radius 3 is 3.07 bits per heavy atom. The van der Waals surface area contributed by atoms with Crippen LogP contribution in [-0.4, -0.2) is 38.5 Å². The lowest BCUT2D eigenvalue weighted by molar-refractivity contribution is 0.0147. The molecule has 1 saturated heterocycles. The number of fused-ring (bicyclic) bond motifs is 2. The zero-order valence-electron chi connectivity index (χ0n) is 15.5. The molecule has 28 heavy (non-hydrogen) atoms. The normalized spacial score (nSPS) is 19.5. The van der Waals surface area contributed by atoms with E-state index in [0.29, 0.717) is 6.61 Å². The summed E-state index contributed by atoms with van der Waals surface area (Å²) in [5, 5.41) is 6.50. The minimum absolute atomic E-state index is 0.0268. The molecule has 0 aliphatic carbocycles. The molecule has 0 spiro atoms. The van der Waals surface area contributed by atoms with Gasteiger partial charge in [0.25, 0.3) is 0 Å². The molecule has 2 unspecified atom stereocenters. The van der Waals surface area contributed by atoms with E-state index in [1.165, 1.54) is 0 Å². The largest absolute Gasteiger partial charge is 0.491 e. The highest BCUT2D eigenvalue weighted by Gasteiger charge is 2.29. The Kier molecular flexibility index (Phi) is 4.62. The summed E-state index contributed by atoms with van der Waals surface area (Å²) in [6, 6.07) is 14.1. The Labute approximate surface area is 166 Å². The summed E-state index contributed by atoms with van der Waals surface area (Å²) in [5.74, 6) is 0.823. The lowest BCUT2D eigenvalue weighted by Crippen LogP contribution is -2.17. The van der Waals surface area contributed by atoms with Crippen molar-refractivity contribution in [3.8, 4) is 5.75 Å². The zero-order valence-corrected chi connectivity index (χ0v) is 16.3. The van der Waals surface area contributed by atoms with Crippen LogP contribution in [0.25, 0.3) is 16.4 Å². The number of ether oxygens (including phenoxy) is 2. The summed E-state index contributed by atoms with van der Waals surface area (Å²) in [5.41, 5.74) is 3.04. The Balaban J connectivity index is 1.27. The van der Waals surface area contributed by atoms with Gasteiger partial charge in [-0.25, -0.2) is 9.50 Å². The molecule has 5 rings (SSSR count). The average molecular weight is 392 g/mol. The summed E-state index contributed by atoms with van der Waals surface area (Å²) in [7, 11) is 0. The molecule has 1 aliphatic heterocycles. The first-order chi connectivity index (χ1) is 13.8. The van der Waals surface area contributed by atoms with Crippen LogP contribution >= 0.6 is 11.8 Å². The maximum absolute atomic E-state index is 6.27. The molecule has 3 aromatic heterocycles. The third-order valence-electron chi connectivity index (χ3n) is 5.09. The van der Waals surface area contributed by atoms with Gasteiger partial charge in [0.05, 0.1) is 22.8 Å². The summed E-state index contributed by atoms with van der Waals surface area (Å²) in [4.78, 5) is 8.71. The van der Waals surface area contributed by atoms with Crippen molar-refractivity contribution in [2.24, 2.45) is 0 Å². The van der Waals surface area contributed by atoms with Crippen LogP contribution in [0.15, 0.2) is 60.0 Å². The lowest BCUT2D eigenvalue weighted by Gasteiger charge is -2.15. The van der Waals surface area contributed by atoms with Crippen LogP contribution in [0.4, 0.5) is 0 Å². The van der Waals surface area contributed by atoms with Gasteiger partial charge >= 0.3 is 0 Å². The molecular weight excluding hydrogens is 372 g/mol. The summed E-state index contributed by atoms with van der Waals surface area (Å²) >= 11 is 1.62. The number of nitrogens with zero attached hydrogens (tertiary/aromatic N) is 4. The SMILES string of the molecule is CSc1ncnn2c(C3CCC(COc4ccc5cccnc5c4)O3)ccc12. The van der Waals surface area contributed by atoms with Crippen LogP contribution in [0.1, 0.15) is 24.6 Å². The van der Waals surface area contributed by atoms with Crippen LogP contribution in [0.3, 0.4) is 0 Å². The van der Waals surface area contributed by atoms with Gasteiger partial charge in [-0.15, -0.1) is 11.8 Å². The fourth-order valence-electron chi connectivity index (χ4n) is 3.70. The standard InChI is InChI=1S/C21H20N4O2S/c1-28-21-19-8-7-18(25(19)24-13-23-21)20-9-6-16(27-20)12-26-15-5-4-14-3-2-10-22-17(14)11-15/h2-5,7-8,10-11,13,16,20H,6,9,12H2,1H3. The molecular formula is C21H20N4O2S. The number of hydrogen-bond donors (Lipinski definition) is 0. The fraction of sp³-hybridized carbons (Fsp3) is 0.286. The first kappa shape index (κ1) is 17.5. The van der Waals surface area contributed by atoms with Crippen molar-refractivity contribution in [3.63, 3.8) is 0 Å². The second-order valence-electron chi connectivity index (χ2n) is 6.82. The lowest BCUT2D eigenvalue weighted by atomic mass is 10.1. The predicted molar refractivity (Wildman–Crippen MR) is 109 cm³/mol. The van der Waals surface area contributed by atoms with Crippen molar-refractivity contribution < 1.29 is 9.47 Å². The number of benzene rings is 1. The van der Waals surface area contributed by atoms with Gasteiger partial charge in [0.2, 0.25) is 0 Å². The number of hydrogen-bond acceptors (Lipinski definition) is 6. The summed E-state index contributed by atoms with van der Waals surface area (Å²) < 4.78 is 14.2. The van der Waals surface area contributed by atoms with E-state index < -0.39 is 0 Å². The molecule has 2 atom stereocenters. The van der Waals surface area contributed by atoms with Gasteiger partial charge in [0, 0.05) is 17.6 Å². The Morgan fingerprint density at radius 2 is 2.14 bits per heavy atom. The van der Waals surface area contributed by atoms with Crippen molar-refractivity contribution in [2.75, 3.05) is 12.9 Å². The van der Waals surface area contributed by atoms with Crippen molar-refractivity contribution in [2.45, 2.75) is 30.1 Å². The predicted octanol–water partition coefficient (Wildman–Crippen LogP) is 4.30. The number of pyridine rings is 1. The van der Waals surface area contributed by atoms with Crippen LogP contribution in [-0.2, 0) is 4.74 Å². The highest BCUT2D eigenvalue weighted by atomic mass is 32.2. The molecule has 4 heterocycles. The van der Waals surface area contributed by atoms with Gasteiger partial charge < -0.3 is 9.47 Å². The second kappa shape index (κ2) is 7.41. The molecule has 1 aromatic carbocycles. The molecule has 0 amide bonds. The molecule has 7 heteroatoms. The molecule has 142 valence electrons. The van der Waals surface area contributed by atoms with Crippen molar-refractivity contribution in [1.29, 1.82) is 0 Å². The minimum atomic E-state index is 0.0268. The Hall–Kier alpha value is -2.64. The molecule has 1 aliphatic rings. The third-order valence-corrected chi connectivity index (χ3v) is 5.79. The average Bonchev–Trinajstić information content (AvgIpc) is 3.38. The third kappa shape index (κ3) is 3.21. The first-order valence-electron chi connectivity index (χ1n) is 9.31. The fourth-order valence-corrected chi connectivity index (χ4v) is 4.22. The molecule has 0 saturated carbocycles. The van der Waals surface area contributed by atoms with Gasteiger partial charge in [-0.05, 0) is 49.4 Å². The molecule has 0 bridgehead atoms. The molecule has 0 N–H and O–H groups in total. The van der Waals surface area contributed by atoms with Crippen LogP contribution < -0.4 is 4.74 Å². The highest BCUT2D eigenvalue weighted by molar-refractivity contribution is 7.98. The second-order valence-corrected chi connectivity index (χ2v) is 7.61. The van der Waals surface area contributed by atoms with E-state index in [2.05, 4.69) is 27.2 Å². The first-order valence-corrected chi connectivity index (χ1v) is 10.5. The zero-order chi connectivity index (χ0) is 18.9. The van der Waals surface area contributed by atoms with Crippen LogP contribution in [0.2, 0.25) is 0 Å². The summed E-state index contributed by atoms with van der Waals surface area (Å²) in [6.07, 6.45) is 7.44.